The number of aryl methyl sites for hydroxylation is 1. The molecule has 5 nitrogen and oxygen atoms in total. The van der Waals surface area contributed by atoms with E-state index in [1.807, 2.05) is 36.4 Å². The van der Waals surface area contributed by atoms with Crippen LogP contribution in [0.2, 0.25) is 0 Å². The summed E-state index contributed by atoms with van der Waals surface area (Å²) in [6, 6.07) is 17.2. The minimum Gasteiger partial charge on any atom is -0.465 e. The lowest BCUT2D eigenvalue weighted by Crippen LogP contribution is -2.17. The Hall–Kier alpha value is -3.60. The highest BCUT2D eigenvalue weighted by molar-refractivity contribution is 6.09. The molecule has 1 heterocycles. The van der Waals surface area contributed by atoms with E-state index in [0.717, 1.165) is 32.9 Å². The second kappa shape index (κ2) is 7.19. The van der Waals surface area contributed by atoms with Crippen LogP contribution in [0.15, 0.2) is 65.3 Å². The summed E-state index contributed by atoms with van der Waals surface area (Å²) in [7, 11) is 1.32. The summed E-state index contributed by atoms with van der Waals surface area (Å²) in [5.41, 5.74) is 3.09. The number of carbonyl (C=O) groups excluding carboxylic acids is 2. The summed E-state index contributed by atoms with van der Waals surface area (Å²) < 4.78 is 10.5. The van der Waals surface area contributed by atoms with Crippen LogP contribution in [0.25, 0.3) is 21.7 Å². The Labute approximate surface area is 161 Å². The first-order valence-electron chi connectivity index (χ1n) is 8.94. The van der Waals surface area contributed by atoms with Crippen molar-refractivity contribution in [1.82, 2.24) is 0 Å². The minimum absolute atomic E-state index is 0.134. The van der Waals surface area contributed by atoms with Gasteiger partial charge >= 0.3 is 5.97 Å². The van der Waals surface area contributed by atoms with Crippen LogP contribution in [0, 0.1) is 6.92 Å². The predicted molar refractivity (Wildman–Crippen MR) is 109 cm³/mol. The summed E-state index contributed by atoms with van der Waals surface area (Å²) in [4.78, 5) is 24.8. The highest BCUT2D eigenvalue weighted by atomic mass is 16.5. The maximum Gasteiger partial charge on any atom is 0.340 e. The van der Waals surface area contributed by atoms with Crippen molar-refractivity contribution in [3.05, 3.63) is 77.6 Å². The van der Waals surface area contributed by atoms with Gasteiger partial charge in [-0.2, -0.15) is 0 Å². The maximum atomic E-state index is 12.7. The van der Waals surface area contributed by atoms with Crippen molar-refractivity contribution in [3.8, 4) is 0 Å². The van der Waals surface area contributed by atoms with Crippen LogP contribution < -0.4 is 5.32 Å². The average molecular weight is 373 g/mol. The smallest absolute Gasteiger partial charge is 0.340 e. The number of hydrogen-bond donors (Lipinski definition) is 1. The van der Waals surface area contributed by atoms with Gasteiger partial charge in [-0.3, -0.25) is 4.79 Å². The van der Waals surface area contributed by atoms with E-state index < -0.39 is 5.97 Å². The molecule has 0 atom stereocenters. The van der Waals surface area contributed by atoms with Crippen molar-refractivity contribution in [1.29, 1.82) is 0 Å². The van der Waals surface area contributed by atoms with E-state index in [-0.39, 0.29) is 12.3 Å². The predicted octanol–water partition coefficient (Wildman–Crippen LogP) is 4.86. The fraction of sp³-hybridized carbons (Fsp3) is 0.130. The number of hydrogen-bond acceptors (Lipinski definition) is 4. The van der Waals surface area contributed by atoms with Gasteiger partial charge < -0.3 is 14.5 Å². The number of carbonyl (C=O) groups is 2. The van der Waals surface area contributed by atoms with Crippen LogP contribution in [0.1, 0.15) is 21.5 Å². The fourth-order valence-electron chi connectivity index (χ4n) is 3.52. The Kier molecular flexibility index (Phi) is 4.57. The molecule has 0 saturated carbocycles. The first kappa shape index (κ1) is 17.8. The lowest BCUT2D eigenvalue weighted by atomic mass is 10.0. The van der Waals surface area contributed by atoms with Gasteiger partial charge in [-0.1, -0.05) is 42.5 Å². The number of rotatable bonds is 4. The van der Waals surface area contributed by atoms with E-state index in [2.05, 4.69) is 5.32 Å². The zero-order valence-corrected chi connectivity index (χ0v) is 15.6. The van der Waals surface area contributed by atoms with Crippen LogP contribution >= 0.6 is 0 Å². The topological polar surface area (TPSA) is 68.5 Å². The van der Waals surface area contributed by atoms with Crippen molar-refractivity contribution in [2.75, 3.05) is 12.4 Å². The zero-order chi connectivity index (χ0) is 19.7. The molecule has 0 unspecified atom stereocenters. The van der Waals surface area contributed by atoms with E-state index >= 15 is 0 Å². The first-order chi connectivity index (χ1) is 13.6. The molecular formula is C23H19NO4. The molecule has 1 N–H and O–H groups in total. The van der Waals surface area contributed by atoms with Gasteiger partial charge in [0.15, 0.2) is 0 Å². The molecule has 0 bridgehead atoms. The first-order valence-corrected chi connectivity index (χ1v) is 8.94. The zero-order valence-electron chi connectivity index (χ0n) is 15.6. The Morgan fingerprint density at radius 3 is 2.68 bits per heavy atom. The molecule has 0 aliphatic rings. The molecule has 140 valence electrons. The number of methoxy groups -OCH3 is 1. The van der Waals surface area contributed by atoms with Crippen molar-refractivity contribution in [2.45, 2.75) is 13.3 Å². The third kappa shape index (κ3) is 3.11. The normalized spacial score (nSPS) is 10.9. The van der Waals surface area contributed by atoms with Gasteiger partial charge in [0.2, 0.25) is 5.91 Å². The second-order valence-corrected chi connectivity index (χ2v) is 6.63. The van der Waals surface area contributed by atoms with Gasteiger partial charge in [0.05, 0.1) is 31.0 Å². The standard InChI is InChI=1S/C23H19NO4/c1-14-6-5-9-18(21(14)23(26)27-2)24-20(25)12-16-13-28-19-11-10-15-7-3-4-8-17(15)22(16)19/h3-11,13H,12H2,1-2H3,(H,24,25). The largest absolute Gasteiger partial charge is 0.465 e. The van der Waals surface area contributed by atoms with Gasteiger partial charge in [-0.25, -0.2) is 4.79 Å². The van der Waals surface area contributed by atoms with Crippen LogP contribution in [0.4, 0.5) is 5.69 Å². The van der Waals surface area contributed by atoms with Crippen molar-refractivity contribution in [2.24, 2.45) is 0 Å². The fourth-order valence-corrected chi connectivity index (χ4v) is 3.52. The molecule has 0 saturated heterocycles. The molecule has 1 amide bonds. The number of furan rings is 1. The van der Waals surface area contributed by atoms with E-state index in [0.29, 0.717) is 11.3 Å². The van der Waals surface area contributed by atoms with Gasteiger partial charge in [-0.15, -0.1) is 0 Å². The number of benzene rings is 3. The SMILES string of the molecule is COC(=O)c1c(C)cccc1NC(=O)Cc1coc2ccc3ccccc3c12. The maximum absolute atomic E-state index is 12.7. The quantitative estimate of drug-likeness (QED) is 0.519. The summed E-state index contributed by atoms with van der Waals surface area (Å²) in [5, 5.41) is 5.90. The molecule has 28 heavy (non-hydrogen) atoms. The third-order valence-corrected chi connectivity index (χ3v) is 4.83. The van der Waals surface area contributed by atoms with Crippen LogP contribution in [-0.2, 0) is 16.0 Å². The highest BCUT2D eigenvalue weighted by Crippen LogP contribution is 2.30. The van der Waals surface area contributed by atoms with Gasteiger partial charge in [0, 0.05) is 10.9 Å². The number of esters is 1. The summed E-state index contributed by atoms with van der Waals surface area (Å²) >= 11 is 0. The highest BCUT2D eigenvalue weighted by Gasteiger charge is 2.18. The Balaban J connectivity index is 1.66. The molecular weight excluding hydrogens is 354 g/mol. The molecule has 0 spiro atoms. The lowest BCUT2D eigenvalue weighted by molar-refractivity contribution is -0.115. The number of ether oxygens (including phenoxy) is 1. The van der Waals surface area contributed by atoms with Crippen molar-refractivity contribution in [3.63, 3.8) is 0 Å². The number of anilines is 1. The van der Waals surface area contributed by atoms with Crippen molar-refractivity contribution < 1.29 is 18.7 Å². The second-order valence-electron chi connectivity index (χ2n) is 6.63. The summed E-state index contributed by atoms with van der Waals surface area (Å²) in [6.07, 6.45) is 1.75. The Morgan fingerprint density at radius 2 is 1.86 bits per heavy atom. The van der Waals surface area contributed by atoms with E-state index in [1.54, 1.807) is 31.4 Å². The average Bonchev–Trinajstić information content (AvgIpc) is 3.10. The monoisotopic (exact) mass is 373 g/mol. The summed E-state index contributed by atoms with van der Waals surface area (Å²) in [6.45, 7) is 1.80. The van der Waals surface area contributed by atoms with E-state index in [1.165, 1.54) is 7.11 Å². The molecule has 4 rings (SSSR count). The number of nitrogens with one attached hydrogen (secondary N) is 1. The lowest BCUT2D eigenvalue weighted by Gasteiger charge is -2.12. The van der Waals surface area contributed by atoms with Gasteiger partial charge in [0.1, 0.15) is 5.58 Å². The molecule has 5 heteroatoms. The number of fused-ring (bicyclic) bond motifs is 3. The third-order valence-electron chi connectivity index (χ3n) is 4.83. The molecule has 0 aliphatic carbocycles. The molecule has 0 fully saturated rings. The van der Waals surface area contributed by atoms with E-state index in [9.17, 15) is 9.59 Å². The van der Waals surface area contributed by atoms with Gasteiger partial charge in [-0.05, 0) is 35.4 Å². The minimum atomic E-state index is -0.479. The summed E-state index contributed by atoms with van der Waals surface area (Å²) in [5.74, 6) is -0.709. The molecule has 0 aliphatic heterocycles. The van der Waals surface area contributed by atoms with Gasteiger partial charge in [0.25, 0.3) is 0 Å². The van der Waals surface area contributed by atoms with Crippen LogP contribution in [0.5, 0.6) is 0 Å². The van der Waals surface area contributed by atoms with Crippen LogP contribution in [-0.4, -0.2) is 19.0 Å². The van der Waals surface area contributed by atoms with Crippen molar-refractivity contribution >= 4 is 39.3 Å². The Bertz CT molecular complexity index is 1210. The van der Waals surface area contributed by atoms with E-state index in [4.69, 9.17) is 9.15 Å². The van der Waals surface area contributed by atoms with Crippen LogP contribution in [0.3, 0.4) is 0 Å². The molecule has 4 aromatic rings. The molecule has 3 aromatic carbocycles. The Morgan fingerprint density at radius 1 is 1.04 bits per heavy atom. The molecule has 1 aromatic heterocycles. The number of amides is 1. The molecule has 0 radical (unpaired) electrons.